The molecule has 1 heterocycles. The number of benzene rings is 2. The summed E-state index contributed by atoms with van der Waals surface area (Å²) in [5.41, 5.74) is 0.636. The number of halogens is 1. The summed E-state index contributed by atoms with van der Waals surface area (Å²) in [5, 5.41) is 0. The Kier molecular flexibility index (Phi) is 6.87. The summed E-state index contributed by atoms with van der Waals surface area (Å²) < 4.78 is 33.1. The Morgan fingerprint density at radius 2 is 1.66 bits per heavy atom. The van der Waals surface area contributed by atoms with Gasteiger partial charge in [0.25, 0.3) is 0 Å². The van der Waals surface area contributed by atoms with Crippen LogP contribution in [0, 0.1) is 0 Å². The van der Waals surface area contributed by atoms with E-state index in [1.165, 1.54) is 28.6 Å². The van der Waals surface area contributed by atoms with E-state index in [0.29, 0.717) is 12.1 Å². The molecule has 1 aliphatic rings. The van der Waals surface area contributed by atoms with Crippen molar-refractivity contribution in [3.05, 3.63) is 64.1 Å². The molecule has 154 valence electrons. The number of nitrogens with zero attached hydrogens (tertiary/aromatic N) is 1. The van der Waals surface area contributed by atoms with E-state index in [1.54, 1.807) is 24.3 Å². The molecule has 1 atom stereocenters. The molecule has 2 aromatic rings. The minimum atomic E-state index is -3.60. The first-order chi connectivity index (χ1) is 13.8. The van der Waals surface area contributed by atoms with Crippen molar-refractivity contribution < 1.29 is 22.7 Å². The van der Waals surface area contributed by atoms with Gasteiger partial charge in [0.1, 0.15) is 0 Å². The van der Waals surface area contributed by atoms with E-state index in [-0.39, 0.29) is 28.9 Å². The van der Waals surface area contributed by atoms with Gasteiger partial charge in [0.05, 0.1) is 10.5 Å². The number of rotatable bonds is 6. The number of carbonyl (C=O) groups excluding carboxylic acids is 2. The highest BCUT2D eigenvalue weighted by Crippen LogP contribution is 2.25. The number of carbonyl (C=O) groups is 2. The van der Waals surface area contributed by atoms with E-state index in [4.69, 9.17) is 4.74 Å². The van der Waals surface area contributed by atoms with Crippen LogP contribution in [0.5, 0.6) is 0 Å². The number of sulfonamides is 1. The predicted molar refractivity (Wildman–Crippen MR) is 112 cm³/mol. The second-order valence-corrected chi connectivity index (χ2v) is 9.80. The zero-order valence-corrected chi connectivity index (χ0v) is 18.4. The van der Waals surface area contributed by atoms with Gasteiger partial charge < -0.3 is 4.74 Å². The zero-order valence-electron chi connectivity index (χ0n) is 16.0. The van der Waals surface area contributed by atoms with Crippen LogP contribution in [-0.2, 0) is 14.8 Å². The number of hydrogen-bond donors (Lipinski definition) is 0. The molecule has 6 nitrogen and oxygen atoms in total. The Labute approximate surface area is 179 Å². The second kappa shape index (κ2) is 9.19. The third kappa shape index (κ3) is 5.12. The molecule has 29 heavy (non-hydrogen) atoms. The maximum Gasteiger partial charge on any atom is 0.338 e. The van der Waals surface area contributed by atoms with E-state index in [1.807, 2.05) is 6.92 Å². The molecule has 0 saturated carbocycles. The molecule has 0 aliphatic carbocycles. The normalized spacial score (nSPS) is 17.7. The van der Waals surface area contributed by atoms with Crippen molar-refractivity contribution >= 4 is 37.7 Å². The molecule has 0 bridgehead atoms. The first kappa shape index (κ1) is 21.7. The number of esters is 1. The fraction of sp³-hybridized carbons (Fsp3) is 0.333. The lowest BCUT2D eigenvalue weighted by atomic mass is 10.1. The Morgan fingerprint density at radius 3 is 2.28 bits per heavy atom. The summed E-state index contributed by atoms with van der Waals surface area (Å²) in [5.74, 6) is -0.991. The molecule has 0 aromatic heterocycles. The van der Waals surface area contributed by atoms with Crippen LogP contribution in [0.1, 0.15) is 46.9 Å². The first-order valence-electron chi connectivity index (χ1n) is 9.37. The molecule has 3 rings (SSSR count). The smallest absolute Gasteiger partial charge is 0.338 e. The highest BCUT2D eigenvalue weighted by Gasteiger charge is 2.31. The molecule has 1 saturated heterocycles. The molecule has 1 aliphatic heterocycles. The third-order valence-corrected chi connectivity index (χ3v) is 7.50. The van der Waals surface area contributed by atoms with Gasteiger partial charge in [-0.2, -0.15) is 4.31 Å². The molecule has 8 heteroatoms. The molecule has 1 fully saturated rings. The van der Waals surface area contributed by atoms with Crippen LogP contribution in [0.3, 0.4) is 0 Å². The molecule has 0 unspecified atom stereocenters. The number of ketones is 1. The van der Waals surface area contributed by atoms with Crippen molar-refractivity contribution in [3.8, 4) is 0 Å². The summed E-state index contributed by atoms with van der Waals surface area (Å²) in [4.78, 5) is 24.5. The average molecular weight is 480 g/mol. The maximum absolute atomic E-state index is 12.8. The largest absolute Gasteiger partial charge is 0.454 e. The van der Waals surface area contributed by atoms with Gasteiger partial charge in [-0.25, -0.2) is 13.2 Å². The van der Waals surface area contributed by atoms with Crippen molar-refractivity contribution in [1.29, 1.82) is 0 Å². The Bertz CT molecular complexity index is 987. The summed E-state index contributed by atoms with van der Waals surface area (Å²) in [7, 11) is -3.60. The summed E-state index contributed by atoms with van der Waals surface area (Å²) in [6, 6.07) is 12.3. The highest BCUT2D eigenvalue weighted by molar-refractivity contribution is 9.10. The molecule has 0 amide bonds. The van der Waals surface area contributed by atoms with E-state index >= 15 is 0 Å². The van der Waals surface area contributed by atoms with Crippen LogP contribution >= 0.6 is 15.9 Å². The third-order valence-electron chi connectivity index (χ3n) is 4.94. The molecule has 2 aromatic carbocycles. The second-order valence-electron chi connectivity index (χ2n) is 6.99. The SMILES string of the molecule is C[C@@H]1CCCCN1S(=O)(=O)c1ccc(C(=O)OCC(=O)c2ccc(Br)cc2)cc1. The van der Waals surface area contributed by atoms with Crippen molar-refractivity contribution in [3.63, 3.8) is 0 Å². The zero-order chi connectivity index (χ0) is 21.0. The highest BCUT2D eigenvalue weighted by atomic mass is 79.9. The Balaban J connectivity index is 1.64. The van der Waals surface area contributed by atoms with Gasteiger partial charge in [-0.05, 0) is 56.2 Å². The standard InChI is InChI=1S/C21H22BrNO5S/c1-15-4-2-3-13-23(15)29(26,27)19-11-7-17(8-12-19)21(25)28-14-20(24)16-5-9-18(22)10-6-16/h5-12,15H,2-4,13-14H2,1H3/t15-/m1/s1. The minimum absolute atomic E-state index is 0.0389. The van der Waals surface area contributed by atoms with E-state index in [0.717, 1.165) is 23.7 Å². The van der Waals surface area contributed by atoms with Gasteiger partial charge in [0.2, 0.25) is 10.0 Å². The Hall–Kier alpha value is -2.03. The van der Waals surface area contributed by atoms with E-state index in [2.05, 4.69) is 15.9 Å². The number of piperidine rings is 1. The maximum atomic E-state index is 12.8. The van der Waals surface area contributed by atoms with Gasteiger partial charge in [0.15, 0.2) is 12.4 Å². The van der Waals surface area contributed by atoms with E-state index in [9.17, 15) is 18.0 Å². The topological polar surface area (TPSA) is 80.8 Å². The average Bonchev–Trinajstić information content (AvgIpc) is 2.72. The lowest BCUT2D eigenvalue weighted by Gasteiger charge is -2.32. The van der Waals surface area contributed by atoms with Gasteiger partial charge in [-0.1, -0.05) is 34.5 Å². The molecular formula is C21H22BrNO5S. The lowest BCUT2D eigenvalue weighted by molar-refractivity contribution is 0.0474. The predicted octanol–water partition coefficient (Wildman–Crippen LogP) is 4.05. The Morgan fingerprint density at radius 1 is 1.03 bits per heavy atom. The first-order valence-corrected chi connectivity index (χ1v) is 11.6. The quantitative estimate of drug-likeness (QED) is 0.461. The van der Waals surface area contributed by atoms with E-state index < -0.39 is 16.0 Å². The van der Waals surface area contributed by atoms with Crippen LogP contribution in [0.4, 0.5) is 0 Å². The molecule has 0 spiro atoms. The van der Waals surface area contributed by atoms with Crippen molar-refractivity contribution in [1.82, 2.24) is 4.31 Å². The molecule has 0 N–H and O–H groups in total. The van der Waals surface area contributed by atoms with Crippen LogP contribution in [0.2, 0.25) is 0 Å². The van der Waals surface area contributed by atoms with Crippen LogP contribution in [0.15, 0.2) is 57.9 Å². The molecule has 0 radical (unpaired) electrons. The number of Topliss-reactive ketones (excluding diaryl/α,β-unsaturated/α-hetero) is 1. The summed E-state index contributed by atoms with van der Waals surface area (Å²) in [6.45, 7) is 2.03. The van der Waals surface area contributed by atoms with Crippen molar-refractivity contribution in [2.75, 3.05) is 13.2 Å². The summed E-state index contributed by atoms with van der Waals surface area (Å²) in [6.07, 6.45) is 2.72. The number of hydrogen-bond acceptors (Lipinski definition) is 5. The fourth-order valence-corrected chi connectivity index (χ4v) is 5.22. The van der Waals surface area contributed by atoms with Crippen LogP contribution in [-0.4, -0.2) is 43.7 Å². The lowest BCUT2D eigenvalue weighted by Crippen LogP contribution is -2.41. The van der Waals surface area contributed by atoms with Gasteiger partial charge in [-0.15, -0.1) is 0 Å². The molecular weight excluding hydrogens is 458 g/mol. The van der Waals surface area contributed by atoms with Crippen molar-refractivity contribution in [2.24, 2.45) is 0 Å². The van der Waals surface area contributed by atoms with Crippen molar-refractivity contribution in [2.45, 2.75) is 37.1 Å². The van der Waals surface area contributed by atoms with Gasteiger partial charge in [-0.3, -0.25) is 4.79 Å². The van der Waals surface area contributed by atoms with Gasteiger partial charge >= 0.3 is 5.97 Å². The van der Waals surface area contributed by atoms with Crippen LogP contribution in [0.25, 0.3) is 0 Å². The monoisotopic (exact) mass is 479 g/mol. The fourth-order valence-electron chi connectivity index (χ4n) is 3.26. The minimum Gasteiger partial charge on any atom is -0.454 e. The summed E-state index contributed by atoms with van der Waals surface area (Å²) >= 11 is 3.29. The van der Waals surface area contributed by atoms with Gasteiger partial charge in [0, 0.05) is 22.6 Å². The van der Waals surface area contributed by atoms with Crippen LogP contribution < -0.4 is 0 Å². The number of ether oxygens (including phenoxy) is 1.